The summed E-state index contributed by atoms with van der Waals surface area (Å²) >= 11 is 7.63. The summed E-state index contributed by atoms with van der Waals surface area (Å²) in [5.41, 5.74) is 5.35. The van der Waals surface area contributed by atoms with E-state index < -0.39 is 5.54 Å². The van der Waals surface area contributed by atoms with E-state index in [0.29, 0.717) is 18.1 Å². The van der Waals surface area contributed by atoms with Gasteiger partial charge in [0.15, 0.2) is 0 Å². The third-order valence-corrected chi connectivity index (χ3v) is 4.98. The number of carbonyl (C=O) groups excluding carboxylic acids is 1. The second-order valence-electron chi connectivity index (χ2n) is 4.94. The predicted octanol–water partition coefficient (Wildman–Crippen LogP) is 3.25. The van der Waals surface area contributed by atoms with Gasteiger partial charge in [-0.3, -0.25) is 4.79 Å². The molecule has 3 nitrogen and oxygen atoms in total. The Kier molecular flexibility index (Phi) is 4.76. The first kappa shape index (κ1) is 14.7. The molecule has 1 aromatic rings. The van der Waals surface area contributed by atoms with Gasteiger partial charge in [-0.2, -0.15) is 0 Å². The van der Waals surface area contributed by atoms with Crippen LogP contribution in [0.5, 0.6) is 0 Å². The van der Waals surface area contributed by atoms with E-state index in [1.54, 1.807) is 11.8 Å². The average molecular weight is 300 g/mol. The number of methoxy groups -OCH3 is 1. The highest BCUT2D eigenvalue weighted by atomic mass is 35.5. The Labute approximate surface area is 122 Å². The van der Waals surface area contributed by atoms with Crippen molar-refractivity contribution in [3.05, 3.63) is 29.3 Å². The van der Waals surface area contributed by atoms with Crippen LogP contribution >= 0.6 is 23.4 Å². The number of halogens is 1. The zero-order valence-corrected chi connectivity index (χ0v) is 12.5. The molecule has 104 valence electrons. The Morgan fingerprint density at radius 1 is 1.47 bits per heavy atom. The van der Waals surface area contributed by atoms with Gasteiger partial charge in [-0.05, 0) is 49.9 Å². The molecular formula is C14H18ClNO2S. The van der Waals surface area contributed by atoms with Crippen molar-refractivity contribution < 1.29 is 9.53 Å². The minimum absolute atomic E-state index is 0.297. The van der Waals surface area contributed by atoms with Crippen LogP contribution in [-0.4, -0.2) is 23.9 Å². The molecule has 19 heavy (non-hydrogen) atoms. The van der Waals surface area contributed by atoms with E-state index in [1.807, 2.05) is 24.3 Å². The molecule has 2 atom stereocenters. The topological polar surface area (TPSA) is 52.3 Å². The Bertz CT molecular complexity index is 451. The molecule has 0 saturated heterocycles. The summed E-state index contributed by atoms with van der Waals surface area (Å²) in [6.07, 6.45) is 3.39. The quantitative estimate of drug-likeness (QED) is 0.871. The van der Waals surface area contributed by atoms with Crippen LogP contribution in [0.1, 0.15) is 25.7 Å². The van der Waals surface area contributed by atoms with Crippen LogP contribution < -0.4 is 5.73 Å². The molecule has 2 N–H and O–H groups in total. The van der Waals surface area contributed by atoms with Crippen molar-refractivity contribution in [2.75, 3.05) is 7.11 Å². The molecule has 0 spiro atoms. The van der Waals surface area contributed by atoms with Gasteiger partial charge in [0, 0.05) is 15.2 Å². The van der Waals surface area contributed by atoms with Crippen molar-refractivity contribution >= 4 is 29.3 Å². The van der Waals surface area contributed by atoms with Crippen molar-refractivity contribution in [1.82, 2.24) is 0 Å². The highest BCUT2D eigenvalue weighted by Gasteiger charge is 2.40. The maximum Gasteiger partial charge on any atom is 0.325 e. The first-order valence-electron chi connectivity index (χ1n) is 6.33. The second kappa shape index (κ2) is 6.16. The molecule has 0 aromatic heterocycles. The van der Waals surface area contributed by atoms with Crippen LogP contribution in [0.4, 0.5) is 0 Å². The summed E-state index contributed by atoms with van der Waals surface area (Å²) in [7, 11) is 1.40. The fourth-order valence-electron chi connectivity index (χ4n) is 2.45. The standard InChI is InChI=1S/C14H18ClNO2S/c1-18-13(17)14(16)8-2-3-12(9-14)19-11-6-4-10(15)5-7-11/h4-7,12H,2-3,8-9,16H2,1H3. The number of thioether (sulfide) groups is 1. The molecule has 0 heterocycles. The molecule has 5 heteroatoms. The SMILES string of the molecule is COC(=O)C1(N)CCCC(Sc2ccc(Cl)cc2)C1. The van der Waals surface area contributed by atoms with Crippen molar-refractivity contribution in [1.29, 1.82) is 0 Å². The van der Waals surface area contributed by atoms with Crippen LogP contribution in [0.15, 0.2) is 29.2 Å². The highest BCUT2D eigenvalue weighted by Crippen LogP contribution is 2.38. The molecule has 1 aliphatic carbocycles. The maximum atomic E-state index is 11.8. The summed E-state index contributed by atoms with van der Waals surface area (Å²) in [6, 6.07) is 7.75. The zero-order valence-electron chi connectivity index (χ0n) is 10.9. The molecule has 0 bridgehead atoms. The van der Waals surface area contributed by atoms with Gasteiger partial charge in [0.25, 0.3) is 0 Å². The number of rotatable bonds is 3. The molecule has 1 aromatic carbocycles. The summed E-state index contributed by atoms with van der Waals surface area (Å²) in [5.74, 6) is -0.297. The predicted molar refractivity (Wildman–Crippen MR) is 78.5 cm³/mol. The number of esters is 1. The van der Waals surface area contributed by atoms with E-state index >= 15 is 0 Å². The van der Waals surface area contributed by atoms with Crippen LogP contribution in [0.2, 0.25) is 5.02 Å². The molecule has 2 rings (SSSR count). The van der Waals surface area contributed by atoms with Gasteiger partial charge in [-0.1, -0.05) is 11.6 Å². The Balaban J connectivity index is 2.01. The van der Waals surface area contributed by atoms with Gasteiger partial charge in [-0.15, -0.1) is 11.8 Å². The minimum atomic E-state index is -0.822. The average Bonchev–Trinajstić information content (AvgIpc) is 2.40. The van der Waals surface area contributed by atoms with Crippen molar-refractivity contribution in [2.24, 2.45) is 5.73 Å². The van der Waals surface area contributed by atoms with E-state index in [-0.39, 0.29) is 5.97 Å². The molecule has 0 amide bonds. The number of benzene rings is 1. The van der Waals surface area contributed by atoms with E-state index in [0.717, 1.165) is 22.8 Å². The van der Waals surface area contributed by atoms with E-state index in [9.17, 15) is 4.79 Å². The van der Waals surface area contributed by atoms with Gasteiger partial charge in [0.1, 0.15) is 5.54 Å². The lowest BCUT2D eigenvalue weighted by Crippen LogP contribution is -2.52. The number of ether oxygens (including phenoxy) is 1. The summed E-state index contributed by atoms with van der Waals surface area (Å²) < 4.78 is 4.82. The molecular weight excluding hydrogens is 282 g/mol. The molecule has 0 aliphatic heterocycles. The second-order valence-corrected chi connectivity index (χ2v) is 6.75. The third-order valence-electron chi connectivity index (χ3n) is 3.45. The highest BCUT2D eigenvalue weighted by molar-refractivity contribution is 8.00. The number of hydrogen-bond acceptors (Lipinski definition) is 4. The van der Waals surface area contributed by atoms with Crippen LogP contribution in [-0.2, 0) is 9.53 Å². The lowest BCUT2D eigenvalue weighted by Gasteiger charge is -2.35. The Morgan fingerprint density at radius 2 is 2.16 bits per heavy atom. The first-order chi connectivity index (χ1) is 9.03. The smallest absolute Gasteiger partial charge is 0.325 e. The maximum absolute atomic E-state index is 11.8. The van der Waals surface area contributed by atoms with Gasteiger partial charge in [0.2, 0.25) is 0 Å². The van der Waals surface area contributed by atoms with Gasteiger partial charge < -0.3 is 10.5 Å². The largest absolute Gasteiger partial charge is 0.468 e. The molecule has 1 saturated carbocycles. The van der Waals surface area contributed by atoms with Crippen LogP contribution in [0.3, 0.4) is 0 Å². The first-order valence-corrected chi connectivity index (χ1v) is 7.59. The van der Waals surface area contributed by atoms with E-state index in [1.165, 1.54) is 7.11 Å². The van der Waals surface area contributed by atoms with Crippen molar-refractivity contribution in [2.45, 2.75) is 41.4 Å². The van der Waals surface area contributed by atoms with Crippen molar-refractivity contribution in [3.63, 3.8) is 0 Å². The molecule has 1 aliphatic rings. The van der Waals surface area contributed by atoms with Gasteiger partial charge in [0.05, 0.1) is 7.11 Å². The molecule has 1 fully saturated rings. The van der Waals surface area contributed by atoms with Crippen LogP contribution in [0.25, 0.3) is 0 Å². The molecule has 0 radical (unpaired) electrons. The summed E-state index contributed by atoms with van der Waals surface area (Å²) in [4.78, 5) is 12.9. The zero-order chi connectivity index (χ0) is 13.9. The third kappa shape index (κ3) is 3.65. The number of carbonyl (C=O) groups is 1. The summed E-state index contributed by atoms with van der Waals surface area (Å²) in [5, 5.41) is 1.08. The monoisotopic (exact) mass is 299 g/mol. The van der Waals surface area contributed by atoms with E-state index in [4.69, 9.17) is 22.1 Å². The molecule has 2 unspecified atom stereocenters. The lowest BCUT2D eigenvalue weighted by molar-refractivity contribution is -0.148. The van der Waals surface area contributed by atoms with Crippen LogP contribution in [0, 0.1) is 0 Å². The Hall–Kier alpha value is -0.710. The Morgan fingerprint density at radius 3 is 2.79 bits per heavy atom. The lowest BCUT2D eigenvalue weighted by atomic mass is 9.82. The fourth-order valence-corrected chi connectivity index (χ4v) is 3.92. The normalized spacial score (nSPS) is 27.0. The van der Waals surface area contributed by atoms with E-state index in [2.05, 4.69) is 0 Å². The summed E-state index contributed by atoms with van der Waals surface area (Å²) in [6.45, 7) is 0. The fraction of sp³-hybridized carbons (Fsp3) is 0.500. The van der Waals surface area contributed by atoms with Gasteiger partial charge >= 0.3 is 5.97 Å². The van der Waals surface area contributed by atoms with Crippen molar-refractivity contribution in [3.8, 4) is 0 Å². The number of nitrogens with two attached hydrogens (primary N) is 1. The minimum Gasteiger partial charge on any atom is -0.468 e. The van der Waals surface area contributed by atoms with Gasteiger partial charge in [-0.25, -0.2) is 0 Å². The number of hydrogen-bond donors (Lipinski definition) is 1.